The zero-order valence-electron chi connectivity index (χ0n) is 19.7. The maximum absolute atomic E-state index is 12.9. The molecule has 0 bridgehead atoms. The second-order valence-electron chi connectivity index (χ2n) is 8.77. The highest BCUT2D eigenvalue weighted by atomic mass is 16.2. The maximum atomic E-state index is 12.9. The first-order valence-electron chi connectivity index (χ1n) is 11.3. The van der Waals surface area contributed by atoms with E-state index < -0.39 is 0 Å². The lowest BCUT2D eigenvalue weighted by molar-refractivity contribution is -0.119. The Bertz CT molecular complexity index is 1470. The summed E-state index contributed by atoms with van der Waals surface area (Å²) in [4.78, 5) is 27.0. The van der Waals surface area contributed by atoms with Gasteiger partial charge in [0.2, 0.25) is 0 Å². The minimum absolute atomic E-state index is 0.0919. The van der Waals surface area contributed by atoms with Crippen molar-refractivity contribution >= 4 is 34.5 Å². The summed E-state index contributed by atoms with van der Waals surface area (Å²) in [7, 11) is 0. The quantitative estimate of drug-likeness (QED) is 0.344. The summed E-state index contributed by atoms with van der Waals surface area (Å²) in [6.45, 7) is 8.22. The Hall–Kier alpha value is -4.19. The largest absolute Gasteiger partial charge is 0.317 e. The fraction of sp³-hybridized carbons (Fsp3) is 0.179. The van der Waals surface area contributed by atoms with Gasteiger partial charge < -0.3 is 4.57 Å². The van der Waals surface area contributed by atoms with Gasteiger partial charge in [0.05, 0.1) is 17.6 Å². The van der Waals surface area contributed by atoms with Gasteiger partial charge in [-0.25, -0.2) is 5.43 Å². The van der Waals surface area contributed by atoms with Crippen LogP contribution >= 0.6 is 0 Å². The van der Waals surface area contributed by atoms with Crippen molar-refractivity contribution in [2.45, 2.75) is 27.7 Å². The van der Waals surface area contributed by atoms with Crippen LogP contribution in [0.3, 0.4) is 0 Å². The Labute approximate surface area is 198 Å². The molecule has 2 heterocycles. The van der Waals surface area contributed by atoms with Gasteiger partial charge in [-0.2, -0.15) is 5.10 Å². The molecule has 6 nitrogen and oxygen atoms in total. The van der Waals surface area contributed by atoms with Crippen molar-refractivity contribution in [3.05, 3.63) is 94.3 Å². The van der Waals surface area contributed by atoms with Gasteiger partial charge in [0.15, 0.2) is 0 Å². The van der Waals surface area contributed by atoms with Crippen molar-refractivity contribution in [1.29, 1.82) is 0 Å². The van der Waals surface area contributed by atoms with Gasteiger partial charge in [-0.3, -0.25) is 14.5 Å². The maximum Gasteiger partial charge on any atom is 0.260 e. The van der Waals surface area contributed by atoms with Crippen molar-refractivity contribution in [3.8, 4) is 5.69 Å². The molecule has 0 fully saturated rings. The minimum atomic E-state index is -0.349. The fourth-order valence-electron chi connectivity index (χ4n) is 4.91. The van der Waals surface area contributed by atoms with Gasteiger partial charge in [0.25, 0.3) is 11.8 Å². The van der Waals surface area contributed by atoms with Crippen molar-refractivity contribution in [2.75, 3.05) is 11.4 Å². The van der Waals surface area contributed by atoms with E-state index in [4.69, 9.17) is 0 Å². The van der Waals surface area contributed by atoms with Gasteiger partial charge in [0, 0.05) is 27.9 Å². The van der Waals surface area contributed by atoms with E-state index in [2.05, 4.69) is 60.1 Å². The number of carbonyl (C=O) groups is 2. The smallest absolute Gasteiger partial charge is 0.260 e. The number of nitrogens with zero attached hydrogens (tertiary/aromatic N) is 3. The predicted octanol–water partition coefficient (Wildman–Crippen LogP) is 4.97. The van der Waals surface area contributed by atoms with Crippen molar-refractivity contribution in [2.24, 2.45) is 5.10 Å². The Morgan fingerprint density at radius 1 is 0.971 bits per heavy atom. The Kier molecular flexibility index (Phi) is 5.28. The number of hydrogen-bond acceptors (Lipinski definition) is 3. The number of carbonyl (C=O) groups excluding carboxylic acids is 2. The van der Waals surface area contributed by atoms with E-state index in [1.807, 2.05) is 37.3 Å². The highest BCUT2D eigenvalue weighted by Gasteiger charge is 2.30. The molecule has 5 rings (SSSR count). The topological polar surface area (TPSA) is 66.7 Å². The molecule has 0 atom stereocenters. The van der Waals surface area contributed by atoms with Crippen LogP contribution < -0.4 is 10.3 Å². The molecule has 0 spiro atoms. The molecular formula is C28H26N4O2. The number of rotatable bonds is 5. The van der Waals surface area contributed by atoms with Crippen LogP contribution in [0.1, 0.15) is 38.4 Å². The molecule has 170 valence electrons. The van der Waals surface area contributed by atoms with Crippen molar-refractivity contribution < 1.29 is 9.59 Å². The number of hydrazone groups is 1. The second-order valence-corrected chi connectivity index (χ2v) is 8.77. The van der Waals surface area contributed by atoms with Gasteiger partial charge in [-0.1, -0.05) is 42.5 Å². The minimum Gasteiger partial charge on any atom is -0.317 e. The molecule has 0 aliphatic carbocycles. The molecule has 1 aliphatic rings. The number of nitrogens with one attached hydrogen (secondary N) is 1. The second kappa shape index (κ2) is 8.30. The van der Waals surface area contributed by atoms with Crippen LogP contribution in [0.5, 0.6) is 0 Å². The molecule has 3 aromatic carbocycles. The lowest BCUT2D eigenvalue weighted by Gasteiger charge is -2.16. The molecule has 0 saturated carbocycles. The van der Waals surface area contributed by atoms with Gasteiger partial charge in [0.1, 0.15) is 6.54 Å². The average Bonchev–Trinajstić information content (AvgIpc) is 3.24. The lowest BCUT2D eigenvalue weighted by atomic mass is 10.1. The van der Waals surface area contributed by atoms with Gasteiger partial charge >= 0.3 is 0 Å². The monoisotopic (exact) mass is 450 g/mol. The Morgan fingerprint density at radius 2 is 1.65 bits per heavy atom. The standard InChI is InChI=1S/C28H26N4O2/c1-17-8-5-9-18(2)27(17)32-19(3)14-22(20(32)4)15-29-30-25(33)16-31-24-13-7-11-21-10-6-12-23(26(21)24)28(31)34/h5-15H,16H2,1-4H3,(H,30,33)/b29-15-. The van der Waals surface area contributed by atoms with E-state index in [9.17, 15) is 9.59 Å². The third-order valence-corrected chi connectivity index (χ3v) is 6.48. The number of hydrogen-bond donors (Lipinski definition) is 1. The average molecular weight is 451 g/mol. The summed E-state index contributed by atoms with van der Waals surface area (Å²) < 4.78 is 2.22. The van der Waals surface area contributed by atoms with E-state index in [1.165, 1.54) is 21.7 Å². The van der Waals surface area contributed by atoms with Crippen LogP contribution in [0.4, 0.5) is 5.69 Å². The van der Waals surface area contributed by atoms with E-state index in [0.717, 1.165) is 33.4 Å². The van der Waals surface area contributed by atoms with E-state index in [-0.39, 0.29) is 18.4 Å². The number of aryl methyl sites for hydroxylation is 3. The third kappa shape index (κ3) is 3.48. The zero-order valence-corrected chi connectivity index (χ0v) is 19.7. The van der Waals surface area contributed by atoms with Gasteiger partial charge in [-0.05, 0) is 62.4 Å². The van der Waals surface area contributed by atoms with Gasteiger partial charge in [-0.15, -0.1) is 0 Å². The van der Waals surface area contributed by atoms with Crippen LogP contribution in [0.25, 0.3) is 16.5 Å². The van der Waals surface area contributed by atoms with Crippen LogP contribution in [-0.2, 0) is 4.79 Å². The first-order chi connectivity index (χ1) is 16.4. The molecular weight excluding hydrogens is 424 g/mol. The number of benzene rings is 3. The highest BCUT2D eigenvalue weighted by Crippen LogP contribution is 2.36. The molecule has 1 aliphatic heterocycles. The number of aromatic nitrogens is 1. The Morgan fingerprint density at radius 3 is 2.38 bits per heavy atom. The summed E-state index contributed by atoms with van der Waals surface area (Å²) in [5.41, 5.74) is 10.6. The summed E-state index contributed by atoms with van der Waals surface area (Å²) >= 11 is 0. The molecule has 6 heteroatoms. The van der Waals surface area contributed by atoms with Crippen molar-refractivity contribution in [3.63, 3.8) is 0 Å². The van der Waals surface area contributed by atoms with E-state index >= 15 is 0 Å². The molecule has 4 aromatic rings. The summed E-state index contributed by atoms with van der Waals surface area (Å²) in [6.07, 6.45) is 1.66. The molecule has 1 aromatic heterocycles. The SMILES string of the molecule is Cc1cccc(C)c1-n1c(C)cc(/C=N\NC(=O)CN2C(=O)c3cccc4cccc2c34)c1C. The first kappa shape index (κ1) is 21.6. The summed E-state index contributed by atoms with van der Waals surface area (Å²) in [5.74, 6) is -0.513. The van der Waals surface area contributed by atoms with E-state index in [1.54, 1.807) is 12.3 Å². The molecule has 2 amide bonds. The van der Waals surface area contributed by atoms with E-state index in [0.29, 0.717) is 5.56 Å². The van der Waals surface area contributed by atoms with Crippen LogP contribution in [0, 0.1) is 27.7 Å². The highest BCUT2D eigenvalue weighted by molar-refractivity contribution is 6.26. The van der Waals surface area contributed by atoms with Crippen molar-refractivity contribution in [1.82, 2.24) is 9.99 Å². The summed E-state index contributed by atoms with van der Waals surface area (Å²) in [5, 5.41) is 6.07. The summed E-state index contributed by atoms with van der Waals surface area (Å²) in [6, 6.07) is 19.7. The third-order valence-electron chi connectivity index (χ3n) is 6.48. The number of amides is 2. The first-order valence-corrected chi connectivity index (χ1v) is 11.3. The predicted molar refractivity (Wildman–Crippen MR) is 136 cm³/mol. The fourth-order valence-corrected chi connectivity index (χ4v) is 4.91. The molecule has 0 unspecified atom stereocenters. The Balaban J connectivity index is 1.33. The molecule has 34 heavy (non-hydrogen) atoms. The molecule has 1 N–H and O–H groups in total. The number of para-hydroxylation sites is 1. The van der Waals surface area contributed by atoms with Crippen LogP contribution in [-0.4, -0.2) is 29.1 Å². The normalized spacial score (nSPS) is 12.8. The molecule has 0 saturated heterocycles. The molecule has 0 radical (unpaired) electrons. The zero-order chi connectivity index (χ0) is 24.0. The lowest BCUT2D eigenvalue weighted by Crippen LogP contribution is -2.37. The van der Waals surface area contributed by atoms with Crippen LogP contribution in [0.15, 0.2) is 65.8 Å². The number of anilines is 1. The van der Waals surface area contributed by atoms with Crippen LogP contribution in [0.2, 0.25) is 0 Å².